The highest BCUT2D eigenvalue weighted by Gasteiger charge is 2.64. The first-order valence-corrected chi connectivity index (χ1v) is 13.6. The standard InChI is InChI=1S/C28H34ClN3O7/c1-31(2)22-15-10-12-9-14-19(17(33)11-13(21(14)29)16-7-5-4-6-8-32(16)3)23(34)18(12)25(36)28(15,39)26(37)20(24(22)35)27(30)38/h11-12,15-16,22,33-34,37,39H,4-10H2,1-3H3,(H2,30,38)/t12-,15-,16?,22-,28-/m0/s1. The molecule has 1 aliphatic heterocycles. The van der Waals surface area contributed by atoms with Crippen LogP contribution in [0.25, 0.3) is 5.76 Å². The van der Waals surface area contributed by atoms with Crippen molar-refractivity contribution in [2.45, 2.75) is 56.2 Å². The second-order valence-electron chi connectivity index (χ2n) is 11.5. The number of halogens is 1. The number of carbonyl (C=O) groups is 3. The second kappa shape index (κ2) is 9.62. The zero-order chi connectivity index (χ0) is 28.5. The smallest absolute Gasteiger partial charge is 0.255 e. The van der Waals surface area contributed by atoms with Gasteiger partial charge in [-0.2, -0.15) is 0 Å². The maximum absolute atomic E-state index is 13.9. The predicted octanol–water partition coefficient (Wildman–Crippen LogP) is 2.16. The number of primary amides is 1. The molecule has 1 aromatic carbocycles. The Hall–Kier alpha value is -2.92. The average molecular weight is 560 g/mol. The Kier molecular flexibility index (Phi) is 6.82. The minimum absolute atomic E-state index is 0.0105. The second-order valence-corrected chi connectivity index (χ2v) is 11.8. The molecule has 0 radical (unpaired) electrons. The number of fused-ring (bicyclic) bond motifs is 3. The van der Waals surface area contributed by atoms with Crippen LogP contribution >= 0.6 is 11.6 Å². The van der Waals surface area contributed by atoms with E-state index in [1.807, 2.05) is 7.05 Å². The number of nitrogens with zero attached hydrogens (tertiary/aromatic N) is 2. The van der Waals surface area contributed by atoms with Gasteiger partial charge >= 0.3 is 0 Å². The first-order valence-electron chi connectivity index (χ1n) is 13.2. The van der Waals surface area contributed by atoms with Crippen molar-refractivity contribution >= 4 is 34.8 Å². The van der Waals surface area contributed by atoms with Gasteiger partial charge in [0.25, 0.3) is 5.91 Å². The molecule has 2 fully saturated rings. The Balaban J connectivity index is 1.68. The number of nitrogens with two attached hydrogens (primary N) is 1. The molecule has 39 heavy (non-hydrogen) atoms. The minimum atomic E-state index is -2.66. The van der Waals surface area contributed by atoms with Crippen molar-refractivity contribution in [3.8, 4) is 5.75 Å². The summed E-state index contributed by atoms with van der Waals surface area (Å²) in [4.78, 5) is 42.9. The molecule has 5 rings (SSSR count). The number of likely N-dealkylation sites (N-methyl/N-ethyl adjacent to an activating group) is 1. The molecule has 1 unspecified atom stereocenters. The van der Waals surface area contributed by atoms with Crippen LogP contribution in [0.15, 0.2) is 23.0 Å². The lowest BCUT2D eigenvalue weighted by Crippen LogP contribution is -2.65. The molecule has 1 amide bonds. The summed E-state index contributed by atoms with van der Waals surface area (Å²) < 4.78 is 0. The van der Waals surface area contributed by atoms with Crippen LogP contribution < -0.4 is 5.73 Å². The van der Waals surface area contributed by atoms with Gasteiger partial charge < -0.3 is 26.2 Å². The molecule has 0 spiro atoms. The van der Waals surface area contributed by atoms with E-state index in [1.165, 1.54) is 11.0 Å². The number of amides is 1. The van der Waals surface area contributed by atoms with E-state index in [2.05, 4.69) is 4.90 Å². The number of aliphatic hydroxyl groups excluding tert-OH is 2. The topological polar surface area (TPSA) is 165 Å². The summed E-state index contributed by atoms with van der Waals surface area (Å²) in [5, 5.41) is 45.5. The lowest BCUT2D eigenvalue weighted by Gasteiger charge is -2.50. The van der Waals surface area contributed by atoms with Crippen LogP contribution in [0.5, 0.6) is 5.75 Å². The first-order chi connectivity index (χ1) is 18.3. The van der Waals surface area contributed by atoms with E-state index in [9.17, 15) is 34.8 Å². The molecule has 1 aromatic rings. The average Bonchev–Trinajstić information content (AvgIpc) is 3.07. The van der Waals surface area contributed by atoms with Gasteiger partial charge in [-0.05, 0) is 76.5 Å². The molecule has 10 nitrogen and oxygen atoms in total. The van der Waals surface area contributed by atoms with E-state index in [4.69, 9.17) is 17.3 Å². The molecule has 5 atom stereocenters. The molecule has 1 heterocycles. The van der Waals surface area contributed by atoms with Crippen LogP contribution in [0.2, 0.25) is 5.02 Å². The normalized spacial score (nSPS) is 31.6. The van der Waals surface area contributed by atoms with E-state index in [1.54, 1.807) is 14.1 Å². The van der Waals surface area contributed by atoms with Crippen LogP contribution in [-0.2, 0) is 20.8 Å². The fourth-order valence-corrected chi connectivity index (χ4v) is 7.55. The number of ketones is 2. The number of hydrogen-bond donors (Lipinski definition) is 5. The fourth-order valence-electron chi connectivity index (χ4n) is 7.20. The Morgan fingerprint density at radius 3 is 2.51 bits per heavy atom. The molecule has 1 saturated carbocycles. The summed E-state index contributed by atoms with van der Waals surface area (Å²) in [6.07, 6.45) is 4.23. The number of hydrogen-bond acceptors (Lipinski definition) is 9. The number of benzene rings is 1. The van der Waals surface area contributed by atoms with Crippen molar-refractivity contribution < 1.29 is 34.8 Å². The third-order valence-electron chi connectivity index (χ3n) is 9.06. The summed E-state index contributed by atoms with van der Waals surface area (Å²) in [5.74, 6) is -6.75. The van der Waals surface area contributed by atoms with E-state index in [0.29, 0.717) is 10.6 Å². The molecule has 0 bridgehead atoms. The van der Waals surface area contributed by atoms with Crippen molar-refractivity contribution in [1.82, 2.24) is 9.80 Å². The molecule has 6 N–H and O–H groups in total. The SMILES string of the molecule is CN1CCCCCC1c1cc(O)c2c(c1Cl)C[C@H]1C[C@H]3[C@H](N(C)C)C(=O)C(C(N)=O)=C(O)[C@@]3(O)C(=O)C1=C2O. The third kappa shape index (κ3) is 3.91. The molecule has 11 heteroatoms. The highest BCUT2D eigenvalue weighted by molar-refractivity contribution is 6.33. The van der Waals surface area contributed by atoms with Crippen LogP contribution in [0.3, 0.4) is 0 Å². The van der Waals surface area contributed by atoms with Gasteiger partial charge in [-0.1, -0.05) is 24.4 Å². The molecular formula is C28H34ClN3O7. The molecule has 0 aromatic heterocycles. The van der Waals surface area contributed by atoms with Gasteiger partial charge in [0, 0.05) is 22.6 Å². The lowest BCUT2D eigenvalue weighted by atomic mass is 9.57. The number of phenols is 1. The lowest BCUT2D eigenvalue weighted by molar-refractivity contribution is -0.153. The number of aromatic hydroxyl groups is 1. The van der Waals surface area contributed by atoms with Crippen molar-refractivity contribution in [1.29, 1.82) is 0 Å². The van der Waals surface area contributed by atoms with Crippen molar-refractivity contribution in [2.75, 3.05) is 27.7 Å². The third-order valence-corrected chi connectivity index (χ3v) is 9.51. The minimum Gasteiger partial charge on any atom is -0.508 e. The number of phenolic OH excluding ortho intramolecular Hbond substituents is 1. The van der Waals surface area contributed by atoms with Gasteiger partial charge in [-0.3, -0.25) is 24.2 Å². The van der Waals surface area contributed by atoms with E-state index in [-0.39, 0.29) is 35.8 Å². The van der Waals surface area contributed by atoms with Gasteiger partial charge in [0.05, 0.1) is 11.6 Å². The van der Waals surface area contributed by atoms with E-state index in [0.717, 1.165) is 37.8 Å². The summed E-state index contributed by atoms with van der Waals surface area (Å²) in [5.41, 5.74) is 2.93. The summed E-state index contributed by atoms with van der Waals surface area (Å²) in [6.45, 7) is 0.885. The van der Waals surface area contributed by atoms with Crippen LogP contribution in [-0.4, -0.2) is 87.0 Å². The Morgan fingerprint density at radius 1 is 1.18 bits per heavy atom. The van der Waals surface area contributed by atoms with Gasteiger partial charge in [0.15, 0.2) is 11.4 Å². The van der Waals surface area contributed by atoms with Crippen molar-refractivity contribution in [3.63, 3.8) is 0 Å². The monoisotopic (exact) mass is 559 g/mol. The molecule has 3 aliphatic carbocycles. The zero-order valence-electron chi connectivity index (χ0n) is 22.2. The highest BCUT2D eigenvalue weighted by atomic mass is 35.5. The largest absolute Gasteiger partial charge is 0.508 e. The maximum atomic E-state index is 13.9. The van der Waals surface area contributed by atoms with Crippen LogP contribution in [0.1, 0.15) is 54.8 Å². The fraction of sp³-hybridized carbons (Fsp3) is 0.536. The van der Waals surface area contributed by atoms with Crippen LogP contribution in [0, 0.1) is 11.8 Å². The Bertz CT molecular complexity index is 1350. The van der Waals surface area contributed by atoms with Crippen molar-refractivity contribution in [2.24, 2.45) is 17.6 Å². The predicted molar refractivity (Wildman–Crippen MR) is 143 cm³/mol. The van der Waals surface area contributed by atoms with Crippen molar-refractivity contribution in [3.05, 3.63) is 44.7 Å². The quantitative estimate of drug-likeness (QED) is 0.349. The Morgan fingerprint density at radius 2 is 1.87 bits per heavy atom. The molecule has 210 valence electrons. The van der Waals surface area contributed by atoms with Crippen LogP contribution in [0.4, 0.5) is 0 Å². The zero-order valence-corrected chi connectivity index (χ0v) is 23.0. The Labute approximate surface area is 231 Å². The number of carbonyl (C=O) groups excluding carboxylic acids is 3. The number of rotatable bonds is 3. The first kappa shape index (κ1) is 27.6. The van der Waals surface area contributed by atoms with E-state index < -0.39 is 58.0 Å². The summed E-state index contributed by atoms with van der Waals surface area (Å²) in [6, 6.07) is 0.377. The van der Waals surface area contributed by atoms with Gasteiger partial charge in [0.2, 0.25) is 5.78 Å². The summed E-state index contributed by atoms with van der Waals surface area (Å²) in [7, 11) is 5.15. The molecular weight excluding hydrogens is 526 g/mol. The molecule has 1 saturated heterocycles. The van der Waals surface area contributed by atoms with Gasteiger partial charge in [-0.25, -0.2) is 0 Å². The van der Waals surface area contributed by atoms with E-state index >= 15 is 0 Å². The number of likely N-dealkylation sites (tertiary alicyclic amines) is 1. The number of Topliss-reactive ketones (excluding diaryl/α,β-unsaturated/α-hetero) is 2. The summed E-state index contributed by atoms with van der Waals surface area (Å²) >= 11 is 6.96. The van der Waals surface area contributed by atoms with Gasteiger partial charge in [0.1, 0.15) is 22.8 Å². The maximum Gasteiger partial charge on any atom is 0.255 e. The molecule has 4 aliphatic rings. The van der Waals surface area contributed by atoms with Gasteiger partial charge in [-0.15, -0.1) is 0 Å². The number of aliphatic hydroxyl groups is 3. The highest BCUT2D eigenvalue weighted by Crippen LogP contribution is 2.54.